The number of fused-ring (bicyclic) bond motifs is 1. The van der Waals surface area contributed by atoms with Crippen LogP contribution in [0.1, 0.15) is 31.2 Å². The third-order valence-corrected chi connectivity index (χ3v) is 5.73. The van der Waals surface area contributed by atoms with E-state index in [4.69, 9.17) is 11.6 Å². The standard InChI is InChI=1S/C17H23ClN2O/c18-16-7-14(5-1-11(16)8-19-13-3-4-13)20-9-12-2-6-17(21)15(12)10-20/h1,5,7,12-13,15,17,19,21H,2-4,6,8-10H2. The summed E-state index contributed by atoms with van der Waals surface area (Å²) in [6.45, 7) is 2.91. The van der Waals surface area contributed by atoms with E-state index >= 15 is 0 Å². The Kier molecular flexibility index (Phi) is 3.60. The van der Waals surface area contributed by atoms with E-state index < -0.39 is 0 Å². The second-order valence-electron chi connectivity index (χ2n) is 6.90. The maximum Gasteiger partial charge on any atom is 0.0588 e. The molecule has 114 valence electrons. The molecule has 3 atom stereocenters. The van der Waals surface area contributed by atoms with Gasteiger partial charge >= 0.3 is 0 Å². The maximum atomic E-state index is 10.0. The van der Waals surface area contributed by atoms with Crippen molar-refractivity contribution in [1.29, 1.82) is 0 Å². The Morgan fingerprint density at radius 2 is 2.05 bits per heavy atom. The Morgan fingerprint density at radius 1 is 1.19 bits per heavy atom. The lowest BCUT2D eigenvalue weighted by Gasteiger charge is -2.21. The Bertz CT molecular complexity index is 532. The molecule has 1 aromatic rings. The number of anilines is 1. The smallest absolute Gasteiger partial charge is 0.0588 e. The molecule has 3 fully saturated rings. The molecular weight excluding hydrogens is 284 g/mol. The fraction of sp³-hybridized carbons (Fsp3) is 0.647. The molecule has 2 aliphatic carbocycles. The molecule has 0 radical (unpaired) electrons. The molecule has 4 heteroatoms. The summed E-state index contributed by atoms with van der Waals surface area (Å²) >= 11 is 6.44. The molecule has 1 saturated heterocycles. The quantitative estimate of drug-likeness (QED) is 0.898. The van der Waals surface area contributed by atoms with Gasteiger partial charge in [0.1, 0.15) is 0 Å². The first-order valence-corrected chi connectivity index (χ1v) is 8.53. The first-order valence-electron chi connectivity index (χ1n) is 8.15. The summed E-state index contributed by atoms with van der Waals surface area (Å²) in [7, 11) is 0. The highest BCUT2D eigenvalue weighted by molar-refractivity contribution is 6.31. The van der Waals surface area contributed by atoms with Gasteiger partial charge in [-0.15, -0.1) is 0 Å². The number of aliphatic hydroxyl groups excluding tert-OH is 1. The van der Waals surface area contributed by atoms with Gasteiger partial charge in [0.2, 0.25) is 0 Å². The van der Waals surface area contributed by atoms with Crippen LogP contribution in [0.2, 0.25) is 5.02 Å². The number of hydrogen-bond donors (Lipinski definition) is 2. The molecule has 0 aromatic heterocycles. The van der Waals surface area contributed by atoms with Crippen LogP contribution in [0.25, 0.3) is 0 Å². The molecule has 3 aliphatic rings. The summed E-state index contributed by atoms with van der Waals surface area (Å²) in [6.07, 6.45) is 4.65. The van der Waals surface area contributed by atoms with E-state index in [0.717, 1.165) is 31.1 Å². The zero-order chi connectivity index (χ0) is 14.4. The third-order valence-electron chi connectivity index (χ3n) is 5.38. The van der Waals surface area contributed by atoms with Gasteiger partial charge in [0.25, 0.3) is 0 Å². The average Bonchev–Trinajstić information content (AvgIpc) is 3.10. The summed E-state index contributed by atoms with van der Waals surface area (Å²) in [5.74, 6) is 1.12. The summed E-state index contributed by atoms with van der Waals surface area (Å²) in [4.78, 5) is 2.39. The van der Waals surface area contributed by atoms with Crippen LogP contribution < -0.4 is 10.2 Å². The van der Waals surface area contributed by atoms with Crippen molar-refractivity contribution in [1.82, 2.24) is 5.32 Å². The molecule has 0 spiro atoms. The van der Waals surface area contributed by atoms with Crippen LogP contribution in [0.15, 0.2) is 18.2 Å². The van der Waals surface area contributed by atoms with Crippen molar-refractivity contribution < 1.29 is 5.11 Å². The minimum Gasteiger partial charge on any atom is -0.393 e. The van der Waals surface area contributed by atoms with E-state index in [1.165, 1.54) is 30.5 Å². The number of nitrogens with zero attached hydrogens (tertiary/aromatic N) is 1. The van der Waals surface area contributed by atoms with E-state index in [-0.39, 0.29) is 6.10 Å². The lowest BCUT2D eigenvalue weighted by atomic mass is 10.00. The van der Waals surface area contributed by atoms with Crippen molar-refractivity contribution >= 4 is 17.3 Å². The molecule has 1 aromatic carbocycles. The molecule has 2 saturated carbocycles. The minimum atomic E-state index is -0.0995. The Labute approximate surface area is 131 Å². The Hall–Kier alpha value is -0.770. The largest absolute Gasteiger partial charge is 0.393 e. The zero-order valence-electron chi connectivity index (χ0n) is 12.3. The molecule has 3 nitrogen and oxygen atoms in total. The zero-order valence-corrected chi connectivity index (χ0v) is 13.0. The molecule has 4 rings (SSSR count). The molecule has 1 heterocycles. The van der Waals surface area contributed by atoms with Gasteiger partial charge < -0.3 is 15.3 Å². The number of aliphatic hydroxyl groups is 1. The van der Waals surface area contributed by atoms with Gasteiger partial charge in [-0.2, -0.15) is 0 Å². The first-order chi connectivity index (χ1) is 10.2. The fourth-order valence-corrected chi connectivity index (χ4v) is 4.11. The van der Waals surface area contributed by atoms with Crippen molar-refractivity contribution in [2.45, 2.75) is 44.4 Å². The number of benzene rings is 1. The second kappa shape index (κ2) is 5.45. The summed E-state index contributed by atoms with van der Waals surface area (Å²) < 4.78 is 0. The lowest BCUT2D eigenvalue weighted by molar-refractivity contribution is 0.133. The second-order valence-corrected chi connectivity index (χ2v) is 7.31. The van der Waals surface area contributed by atoms with E-state index in [1.54, 1.807) is 0 Å². The molecule has 2 N–H and O–H groups in total. The third kappa shape index (κ3) is 2.79. The maximum absolute atomic E-state index is 10.0. The summed E-state index contributed by atoms with van der Waals surface area (Å²) in [5.41, 5.74) is 2.39. The Morgan fingerprint density at radius 3 is 2.76 bits per heavy atom. The van der Waals surface area contributed by atoms with Crippen LogP contribution in [-0.4, -0.2) is 30.3 Å². The van der Waals surface area contributed by atoms with Crippen molar-refractivity contribution in [2.75, 3.05) is 18.0 Å². The highest BCUT2D eigenvalue weighted by Crippen LogP contribution is 2.40. The molecule has 0 amide bonds. The van der Waals surface area contributed by atoms with Crippen molar-refractivity contribution in [2.24, 2.45) is 11.8 Å². The summed E-state index contributed by atoms with van der Waals surface area (Å²) in [5, 5.41) is 14.4. The lowest BCUT2D eigenvalue weighted by Crippen LogP contribution is -2.24. The summed E-state index contributed by atoms with van der Waals surface area (Å²) in [6, 6.07) is 7.14. The molecular formula is C17H23ClN2O. The van der Waals surface area contributed by atoms with E-state index in [2.05, 4.69) is 28.4 Å². The number of rotatable bonds is 4. The Balaban J connectivity index is 1.44. The number of halogens is 1. The van der Waals surface area contributed by atoms with Crippen LogP contribution in [0.5, 0.6) is 0 Å². The van der Waals surface area contributed by atoms with Gasteiger partial charge in [0.05, 0.1) is 6.10 Å². The predicted molar refractivity (Wildman–Crippen MR) is 85.7 cm³/mol. The molecule has 21 heavy (non-hydrogen) atoms. The molecule has 0 bridgehead atoms. The van der Waals surface area contributed by atoms with Crippen molar-refractivity contribution in [3.8, 4) is 0 Å². The van der Waals surface area contributed by atoms with Crippen LogP contribution in [-0.2, 0) is 6.54 Å². The normalized spacial score (nSPS) is 31.7. The van der Waals surface area contributed by atoms with Gasteiger partial charge in [-0.05, 0) is 49.3 Å². The van der Waals surface area contributed by atoms with Crippen molar-refractivity contribution in [3.63, 3.8) is 0 Å². The SMILES string of the molecule is OC1CCC2CN(c3ccc(CNC4CC4)c(Cl)c3)CC12. The van der Waals surface area contributed by atoms with Crippen molar-refractivity contribution in [3.05, 3.63) is 28.8 Å². The number of nitrogens with one attached hydrogen (secondary N) is 1. The topological polar surface area (TPSA) is 35.5 Å². The van der Waals surface area contributed by atoms with Gasteiger partial charge in [-0.25, -0.2) is 0 Å². The number of hydrogen-bond acceptors (Lipinski definition) is 3. The van der Waals surface area contributed by atoms with Crippen LogP contribution in [0, 0.1) is 11.8 Å². The molecule has 1 aliphatic heterocycles. The minimum absolute atomic E-state index is 0.0995. The first kappa shape index (κ1) is 13.9. The van der Waals surface area contributed by atoms with E-state index in [1.807, 2.05) is 0 Å². The average molecular weight is 307 g/mol. The van der Waals surface area contributed by atoms with Crippen LogP contribution in [0.4, 0.5) is 5.69 Å². The molecule has 3 unspecified atom stereocenters. The fourth-order valence-electron chi connectivity index (χ4n) is 3.87. The van der Waals surface area contributed by atoms with Crippen LogP contribution >= 0.6 is 11.6 Å². The van der Waals surface area contributed by atoms with Gasteiger partial charge in [0, 0.05) is 42.3 Å². The predicted octanol–water partition coefficient (Wildman–Crippen LogP) is 2.80. The monoisotopic (exact) mass is 306 g/mol. The van der Waals surface area contributed by atoms with Gasteiger partial charge in [-0.1, -0.05) is 17.7 Å². The van der Waals surface area contributed by atoms with Gasteiger partial charge in [0.15, 0.2) is 0 Å². The van der Waals surface area contributed by atoms with E-state index in [9.17, 15) is 5.11 Å². The van der Waals surface area contributed by atoms with E-state index in [0.29, 0.717) is 17.9 Å². The highest BCUT2D eigenvalue weighted by Gasteiger charge is 2.41. The van der Waals surface area contributed by atoms with Gasteiger partial charge in [-0.3, -0.25) is 0 Å². The van der Waals surface area contributed by atoms with Crippen LogP contribution in [0.3, 0.4) is 0 Å². The highest BCUT2D eigenvalue weighted by atomic mass is 35.5.